The molecule has 0 radical (unpaired) electrons. The van der Waals surface area contributed by atoms with E-state index in [1.807, 2.05) is 0 Å². The molecule has 3 aromatic rings. The first kappa shape index (κ1) is 15.9. The summed E-state index contributed by atoms with van der Waals surface area (Å²) in [6.45, 7) is 1.99. The molecule has 0 unspecified atom stereocenters. The Balaban J connectivity index is 1.87. The first-order valence-corrected chi connectivity index (χ1v) is 7.50. The number of nitrogens with one attached hydrogen (secondary N) is 1. The van der Waals surface area contributed by atoms with Gasteiger partial charge in [-0.3, -0.25) is 14.6 Å². The summed E-state index contributed by atoms with van der Waals surface area (Å²) in [5.74, 6) is -0.779. The molecule has 0 saturated carbocycles. The van der Waals surface area contributed by atoms with E-state index in [9.17, 15) is 14.0 Å². The molecule has 0 spiro atoms. The molecule has 3 rings (SSSR count). The van der Waals surface area contributed by atoms with Gasteiger partial charge in [0.1, 0.15) is 12.4 Å². The standard InChI is InChI=1S/C18H16FN3O2/c1-12-9-16(23)14-3-2-4-15(19)18(14)22(12)11-17(24)21-10-13-5-7-20-8-6-13/h2-9H,10-11H2,1H3,(H,21,24). The van der Waals surface area contributed by atoms with Crippen molar-refractivity contribution in [3.63, 3.8) is 0 Å². The summed E-state index contributed by atoms with van der Waals surface area (Å²) in [5.41, 5.74) is 1.36. The quantitative estimate of drug-likeness (QED) is 0.799. The van der Waals surface area contributed by atoms with Crippen LogP contribution in [0, 0.1) is 12.7 Å². The zero-order valence-electron chi connectivity index (χ0n) is 13.1. The number of benzene rings is 1. The summed E-state index contributed by atoms with van der Waals surface area (Å²) in [6.07, 6.45) is 3.30. The summed E-state index contributed by atoms with van der Waals surface area (Å²) >= 11 is 0. The fourth-order valence-corrected chi connectivity index (χ4v) is 2.61. The molecule has 0 fully saturated rings. The Morgan fingerprint density at radius 3 is 2.75 bits per heavy atom. The first-order chi connectivity index (χ1) is 11.6. The molecule has 1 aromatic carbocycles. The topological polar surface area (TPSA) is 64.0 Å². The van der Waals surface area contributed by atoms with Crippen LogP contribution in [0.2, 0.25) is 0 Å². The highest BCUT2D eigenvalue weighted by atomic mass is 19.1. The Labute approximate surface area is 137 Å². The molecule has 0 aliphatic rings. The highest BCUT2D eigenvalue weighted by Crippen LogP contribution is 2.16. The van der Waals surface area contributed by atoms with Gasteiger partial charge in [-0.25, -0.2) is 4.39 Å². The van der Waals surface area contributed by atoms with Gasteiger partial charge in [0.15, 0.2) is 5.43 Å². The monoisotopic (exact) mass is 325 g/mol. The molecule has 2 aromatic heterocycles. The lowest BCUT2D eigenvalue weighted by atomic mass is 10.1. The minimum Gasteiger partial charge on any atom is -0.350 e. The van der Waals surface area contributed by atoms with Gasteiger partial charge in [0.2, 0.25) is 5.91 Å². The van der Waals surface area contributed by atoms with Crippen LogP contribution in [0.25, 0.3) is 10.9 Å². The van der Waals surface area contributed by atoms with Crippen molar-refractivity contribution in [1.29, 1.82) is 0 Å². The molecular weight excluding hydrogens is 309 g/mol. The Morgan fingerprint density at radius 1 is 1.25 bits per heavy atom. The molecule has 1 N–H and O–H groups in total. The molecule has 1 amide bonds. The van der Waals surface area contributed by atoms with Crippen molar-refractivity contribution in [2.75, 3.05) is 0 Å². The fraction of sp³-hybridized carbons (Fsp3) is 0.167. The van der Waals surface area contributed by atoms with E-state index in [4.69, 9.17) is 0 Å². The third-order valence-corrected chi connectivity index (χ3v) is 3.83. The number of carbonyl (C=O) groups is 1. The number of amides is 1. The van der Waals surface area contributed by atoms with Crippen LogP contribution < -0.4 is 10.7 Å². The van der Waals surface area contributed by atoms with Crippen LogP contribution in [0.15, 0.2) is 53.6 Å². The van der Waals surface area contributed by atoms with Crippen molar-refractivity contribution in [3.05, 3.63) is 76.1 Å². The number of pyridine rings is 2. The average molecular weight is 325 g/mol. The van der Waals surface area contributed by atoms with Crippen LogP contribution in [-0.2, 0) is 17.9 Å². The maximum Gasteiger partial charge on any atom is 0.240 e. The Kier molecular flexibility index (Phi) is 4.37. The van der Waals surface area contributed by atoms with E-state index in [-0.39, 0.29) is 28.8 Å². The summed E-state index contributed by atoms with van der Waals surface area (Å²) in [4.78, 5) is 28.2. The normalized spacial score (nSPS) is 10.8. The van der Waals surface area contributed by atoms with Crippen molar-refractivity contribution in [3.8, 4) is 0 Å². The average Bonchev–Trinajstić information content (AvgIpc) is 2.58. The molecule has 0 aliphatic heterocycles. The third-order valence-electron chi connectivity index (χ3n) is 3.83. The lowest BCUT2D eigenvalue weighted by molar-refractivity contribution is -0.121. The lowest BCUT2D eigenvalue weighted by Gasteiger charge is -2.15. The molecule has 0 atom stereocenters. The maximum absolute atomic E-state index is 14.2. The van der Waals surface area contributed by atoms with Crippen LogP contribution in [0.4, 0.5) is 4.39 Å². The predicted octanol–water partition coefficient (Wildman–Crippen LogP) is 2.16. The summed E-state index contributed by atoms with van der Waals surface area (Å²) in [5, 5.41) is 3.05. The number of hydrogen-bond acceptors (Lipinski definition) is 3. The van der Waals surface area contributed by atoms with Gasteiger partial charge < -0.3 is 9.88 Å². The van der Waals surface area contributed by atoms with E-state index in [0.29, 0.717) is 12.2 Å². The van der Waals surface area contributed by atoms with Gasteiger partial charge in [-0.2, -0.15) is 0 Å². The smallest absolute Gasteiger partial charge is 0.240 e. The number of nitrogens with zero attached hydrogens (tertiary/aromatic N) is 2. The van der Waals surface area contributed by atoms with Gasteiger partial charge in [0.05, 0.1) is 5.52 Å². The van der Waals surface area contributed by atoms with Crippen molar-refractivity contribution < 1.29 is 9.18 Å². The number of aryl methyl sites for hydroxylation is 1. The highest BCUT2D eigenvalue weighted by molar-refractivity contribution is 5.83. The van der Waals surface area contributed by atoms with E-state index in [0.717, 1.165) is 5.56 Å². The lowest BCUT2D eigenvalue weighted by Crippen LogP contribution is -2.29. The molecule has 122 valence electrons. The van der Waals surface area contributed by atoms with Crippen LogP contribution >= 0.6 is 0 Å². The van der Waals surface area contributed by atoms with Crippen LogP contribution in [0.5, 0.6) is 0 Å². The molecule has 5 nitrogen and oxygen atoms in total. The molecule has 24 heavy (non-hydrogen) atoms. The van der Waals surface area contributed by atoms with Crippen molar-refractivity contribution in [2.45, 2.75) is 20.0 Å². The van der Waals surface area contributed by atoms with E-state index in [2.05, 4.69) is 10.3 Å². The molecule has 0 bridgehead atoms. The molecule has 6 heteroatoms. The number of para-hydroxylation sites is 1. The second-order valence-electron chi connectivity index (χ2n) is 5.50. The predicted molar refractivity (Wildman–Crippen MR) is 89.0 cm³/mol. The molecule has 2 heterocycles. The highest BCUT2D eigenvalue weighted by Gasteiger charge is 2.13. The van der Waals surface area contributed by atoms with E-state index in [1.165, 1.54) is 22.8 Å². The number of rotatable bonds is 4. The number of hydrogen-bond donors (Lipinski definition) is 1. The van der Waals surface area contributed by atoms with Crippen molar-refractivity contribution >= 4 is 16.8 Å². The summed E-state index contributed by atoms with van der Waals surface area (Å²) in [6, 6.07) is 9.36. The van der Waals surface area contributed by atoms with Crippen molar-refractivity contribution in [2.24, 2.45) is 0 Å². The van der Waals surface area contributed by atoms with Gasteiger partial charge in [-0.15, -0.1) is 0 Å². The maximum atomic E-state index is 14.2. The molecular formula is C18H16FN3O2. The van der Waals surface area contributed by atoms with Gasteiger partial charge in [0.25, 0.3) is 0 Å². The third kappa shape index (κ3) is 3.17. The minimum atomic E-state index is -0.518. The Morgan fingerprint density at radius 2 is 2.00 bits per heavy atom. The second kappa shape index (κ2) is 6.62. The second-order valence-corrected chi connectivity index (χ2v) is 5.50. The van der Waals surface area contributed by atoms with Gasteiger partial charge >= 0.3 is 0 Å². The van der Waals surface area contributed by atoms with Gasteiger partial charge in [0, 0.05) is 36.1 Å². The van der Waals surface area contributed by atoms with Gasteiger partial charge in [-0.1, -0.05) is 6.07 Å². The number of halogens is 1. The zero-order valence-corrected chi connectivity index (χ0v) is 13.1. The first-order valence-electron chi connectivity index (χ1n) is 7.50. The number of fused-ring (bicyclic) bond motifs is 1. The van der Waals surface area contributed by atoms with Crippen LogP contribution in [0.3, 0.4) is 0 Å². The zero-order chi connectivity index (χ0) is 17.1. The van der Waals surface area contributed by atoms with Crippen LogP contribution in [-0.4, -0.2) is 15.5 Å². The molecule has 0 aliphatic carbocycles. The fourth-order valence-electron chi connectivity index (χ4n) is 2.61. The molecule has 0 saturated heterocycles. The number of aromatic nitrogens is 2. The summed E-state index contributed by atoms with van der Waals surface area (Å²) < 4.78 is 15.7. The van der Waals surface area contributed by atoms with E-state index in [1.54, 1.807) is 37.5 Å². The largest absolute Gasteiger partial charge is 0.350 e. The Bertz CT molecular complexity index is 952. The van der Waals surface area contributed by atoms with E-state index < -0.39 is 5.82 Å². The summed E-state index contributed by atoms with van der Waals surface area (Å²) in [7, 11) is 0. The SMILES string of the molecule is Cc1cc(=O)c2cccc(F)c2n1CC(=O)NCc1ccncc1. The van der Waals surface area contributed by atoms with Crippen molar-refractivity contribution in [1.82, 2.24) is 14.9 Å². The van der Waals surface area contributed by atoms with Crippen LogP contribution in [0.1, 0.15) is 11.3 Å². The minimum absolute atomic E-state index is 0.0609. The number of carbonyl (C=O) groups excluding carboxylic acids is 1. The Hall–Kier alpha value is -3.02. The van der Waals surface area contributed by atoms with Gasteiger partial charge in [-0.05, 0) is 36.8 Å². The van der Waals surface area contributed by atoms with E-state index >= 15 is 0 Å².